The maximum Gasteiger partial charge on any atom is 0.252 e. The Labute approximate surface area is 50.3 Å². The van der Waals surface area contributed by atoms with Gasteiger partial charge in [-0.05, 0) is 0 Å². The highest BCUT2D eigenvalue weighted by atomic mass is 16.5. The van der Waals surface area contributed by atoms with Gasteiger partial charge < -0.3 is 9.62 Å². The van der Waals surface area contributed by atoms with Crippen LogP contribution in [0.2, 0.25) is 0 Å². The van der Waals surface area contributed by atoms with Crippen LogP contribution in [0.15, 0.2) is 22.9 Å². The lowest BCUT2D eigenvalue weighted by molar-refractivity contribution is -0.662. The largest absolute Gasteiger partial charge is 0.596 e. The van der Waals surface area contributed by atoms with Gasteiger partial charge in [-0.2, -0.15) is 5.10 Å². The summed E-state index contributed by atoms with van der Waals surface area (Å²) in [4.78, 5) is 0.605. The summed E-state index contributed by atoms with van der Waals surface area (Å²) < 4.78 is 4.89. The highest BCUT2D eigenvalue weighted by molar-refractivity contribution is 5.69. The first-order valence-electron chi connectivity index (χ1n) is 2.51. The van der Waals surface area contributed by atoms with Crippen LogP contribution < -0.4 is 4.85 Å². The molecule has 0 amide bonds. The molecule has 0 aliphatic rings. The van der Waals surface area contributed by atoms with Crippen LogP contribution in [0.1, 0.15) is 0 Å². The minimum atomic E-state index is 0.588. The number of H-pyrrole nitrogens is 1. The number of hydrogen-bond acceptors (Lipinski definition) is 2. The van der Waals surface area contributed by atoms with Gasteiger partial charge in [-0.25, -0.2) is 0 Å². The Morgan fingerprint density at radius 3 is 3.33 bits per heavy atom. The molecule has 46 valence electrons. The Balaban J connectivity index is 2.92. The van der Waals surface area contributed by atoms with Crippen molar-refractivity contribution in [2.24, 2.45) is 0 Å². The minimum Gasteiger partial charge on any atom is -0.596 e. The van der Waals surface area contributed by atoms with Crippen LogP contribution in [0.3, 0.4) is 0 Å². The molecule has 0 fully saturated rings. The van der Waals surface area contributed by atoms with Crippen LogP contribution in [-0.4, -0.2) is 5.10 Å². The third-order valence-electron chi connectivity index (χ3n) is 1.16. The van der Waals surface area contributed by atoms with Crippen LogP contribution >= 0.6 is 0 Å². The molecule has 0 saturated heterocycles. The molecular weight excluding hydrogens is 120 g/mol. The summed E-state index contributed by atoms with van der Waals surface area (Å²) in [5, 5.41) is 13.0. The van der Waals surface area contributed by atoms with E-state index < -0.39 is 0 Å². The average molecular weight is 124 g/mol. The number of nitrogens with zero attached hydrogens (tertiary/aromatic N) is 1. The first kappa shape index (κ1) is 4.43. The summed E-state index contributed by atoms with van der Waals surface area (Å²) in [6.45, 7) is 0. The third kappa shape index (κ3) is 0.495. The number of hydrogen-bond donors (Lipinski definition) is 1. The summed E-state index contributed by atoms with van der Waals surface area (Å²) in [5.41, 5.74) is 1.31. The Morgan fingerprint density at radius 1 is 1.67 bits per heavy atom. The Hall–Kier alpha value is -1.45. The molecule has 0 radical (unpaired) electrons. The van der Waals surface area contributed by atoms with Crippen LogP contribution in [0, 0.1) is 5.21 Å². The molecule has 2 heterocycles. The Morgan fingerprint density at radius 2 is 2.56 bits per heavy atom. The first-order valence-corrected chi connectivity index (χ1v) is 2.51. The maximum atomic E-state index is 10.5. The van der Waals surface area contributed by atoms with Crippen molar-refractivity contribution in [3.63, 3.8) is 0 Å². The molecule has 4 nitrogen and oxygen atoms in total. The van der Waals surface area contributed by atoms with Gasteiger partial charge in [0, 0.05) is 6.07 Å². The molecular formula is C5H4N2O2. The number of rotatable bonds is 0. The van der Waals surface area contributed by atoms with E-state index in [4.69, 9.17) is 4.42 Å². The van der Waals surface area contributed by atoms with E-state index in [1.54, 1.807) is 6.07 Å². The van der Waals surface area contributed by atoms with Crippen LogP contribution in [0.25, 0.3) is 11.1 Å². The molecule has 4 heteroatoms. The lowest BCUT2D eigenvalue weighted by Gasteiger charge is -1.80. The standard InChI is InChI=1S/C5H4N2O2/c8-7-3-5-4(6-7)1-2-9-5/h1-3,6H. The number of aromatic nitrogens is 2. The average Bonchev–Trinajstić information content (AvgIpc) is 2.22. The van der Waals surface area contributed by atoms with Crippen molar-refractivity contribution < 1.29 is 9.26 Å². The lowest BCUT2D eigenvalue weighted by atomic mass is 10.5. The maximum absolute atomic E-state index is 10.5. The van der Waals surface area contributed by atoms with Gasteiger partial charge in [-0.1, -0.05) is 4.85 Å². The predicted octanol–water partition coefficient (Wildman–Crippen LogP) is 0.394. The molecule has 2 rings (SSSR count). The molecule has 9 heavy (non-hydrogen) atoms. The summed E-state index contributed by atoms with van der Waals surface area (Å²) in [6.07, 6.45) is 2.87. The summed E-state index contributed by atoms with van der Waals surface area (Å²) in [7, 11) is 0. The lowest BCUT2D eigenvalue weighted by Crippen LogP contribution is -2.25. The zero-order valence-electron chi connectivity index (χ0n) is 4.50. The van der Waals surface area contributed by atoms with Gasteiger partial charge in [0.1, 0.15) is 5.52 Å². The smallest absolute Gasteiger partial charge is 0.252 e. The summed E-state index contributed by atoms with van der Waals surface area (Å²) >= 11 is 0. The molecule has 0 aliphatic carbocycles. The number of furan rings is 1. The van der Waals surface area contributed by atoms with E-state index in [1.807, 2.05) is 0 Å². The number of nitrogens with one attached hydrogen (secondary N) is 1. The quantitative estimate of drug-likeness (QED) is 0.408. The van der Waals surface area contributed by atoms with Gasteiger partial charge in [0.2, 0.25) is 5.58 Å². The molecule has 0 saturated carbocycles. The van der Waals surface area contributed by atoms with Crippen LogP contribution in [-0.2, 0) is 0 Å². The molecule has 2 aromatic heterocycles. The molecule has 0 spiro atoms. The molecule has 0 aromatic carbocycles. The monoisotopic (exact) mass is 124 g/mol. The normalized spacial score (nSPS) is 10.7. The first-order chi connectivity index (χ1) is 4.36. The van der Waals surface area contributed by atoms with Gasteiger partial charge in [-0.3, -0.25) is 0 Å². The van der Waals surface area contributed by atoms with E-state index in [-0.39, 0.29) is 0 Å². The van der Waals surface area contributed by atoms with Crippen LogP contribution in [0.5, 0.6) is 0 Å². The summed E-state index contributed by atoms with van der Waals surface area (Å²) in [5.74, 6) is 0. The zero-order chi connectivity index (χ0) is 6.27. The van der Waals surface area contributed by atoms with E-state index in [2.05, 4.69) is 5.10 Å². The predicted molar refractivity (Wildman–Crippen MR) is 29.5 cm³/mol. The molecule has 1 N–H and O–H groups in total. The van der Waals surface area contributed by atoms with Crippen molar-refractivity contribution in [2.45, 2.75) is 0 Å². The van der Waals surface area contributed by atoms with E-state index in [1.165, 1.54) is 12.5 Å². The topological polar surface area (TPSA) is 55.9 Å². The molecule has 2 aromatic rings. The fraction of sp³-hybridized carbons (Fsp3) is 0. The van der Waals surface area contributed by atoms with Gasteiger partial charge >= 0.3 is 0 Å². The number of fused-ring (bicyclic) bond motifs is 1. The highest BCUT2D eigenvalue weighted by Crippen LogP contribution is 2.07. The van der Waals surface area contributed by atoms with E-state index >= 15 is 0 Å². The second-order valence-electron chi connectivity index (χ2n) is 1.77. The second-order valence-corrected chi connectivity index (χ2v) is 1.77. The fourth-order valence-corrected chi connectivity index (χ4v) is 0.771. The minimum absolute atomic E-state index is 0.588. The van der Waals surface area contributed by atoms with E-state index in [0.29, 0.717) is 10.4 Å². The van der Waals surface area contributed by atoms with Crippen molar-refractivity contribution in [3.8, 4) is 0 Å². The van der Waals surface area contributed by atoms with Gasteiger partial charge in [0.15, 0.2) is 0 Å². The highest BCUT2D eigenvalue weighted by Gasteiger charge is 2.02. The Kier molecular flexibility index (Phi) is 0.631. The zero-order valence-corrected chi connectivity index (χ0v) is 4.50. The number of aromatic amines is 1. The second kappa shape index (κ2) is 1.28. The van der Waals surface area contributed by atoms with Crippen molar-refractivity contribution in [3.05, 3.63) is 23.7 Å². The van der Waals surface area contributed by atoms with Gasteiger partial charge in [-0.15, -0.1) is 0 Å². The molecule has 0 aliphatic heterocycles. The molecule has 0 bridgehead atoms. The SMILES string of the molecule is [O-][n+]1cc2occc2[nH]1. The Bertz CT molecular complexity index is 294. The van der Waals surface area contributed by atoms with Crippen molar-refractivity contribution in [1.82, 2.24) is 5.10 Å². The third-order valence-corrected chi connectivity index (χ3v) is 1.16. The summed E-state index contributed by atoms with van der Waals surface area (Å²) in [6, 6.07) is 1.70. The van der Waals surface area contributed by atoms with Crippen molar-refractivity contribution in [2.75, 3.05) is 0 Å². The van der Waals surface area contributed by atoms with Crippen LogP contribution in [0.4, 0.5) is 0 Å². The van der Waals surface area contributed by atoms with E-state index in [0.717, 1.165) is 5.52 Å². The molecule has 0 atom stereocenters. The molecule has 0 unspecified atom stereocenters. The van der Waals surface area contributed by atoms with Gasteiger partial charge in [0.25, 0.3) is 6.20 Å². The fourth-order valence-electron chi connectivity index (χ4n) is 0.771. The van der Waals surface area contributed by atoms with Crippen molar-refractivity contribution >= 4 is 11.1 Å². The van der Waals surface area contributed by atoms with Gasteiger partial charge in [0.05, 0.1) is 6.26 Å². The van der Waals surface area contributed by atoms with E-state index in [9.17, 15) is 5.21 Å². The van der Waals surface area contributed by atoms with Crippen molar-refractivity contribution in [1.29, 1.82) is 0 Å².